The predicted molar refractivity (Wildman–Crippen MR) is 111 cm³/mol. The number of halogens is 3. The third kappa shape index (κ3) is 5.13. The van der Waals surface area contributed by atoms with Gasteiger partial charge in [-0.2, -0.15) is 0 Å². The van der Waals surface area contributed by atoms with Gasteiger partial charge in [-0.05, 0) is 41.5 Å². The minimum atomic E-state index is -0.746. The Morgan fingerprint density at radius 2 is 1.20 bits per heavy atom. The predicted octanol–water partition coefficient (Wildman–Crippen LogP) is 5.88. The van der Waals surface area contributed by atoms with Crippen LogP contribution in [0.5, 0.6) is 23.0 Å². The number of methoxy groups -OCH3 is 2. The maximum absolute atomic E-state index is 14.9. The van der Waals surface area contributed by atoms with Gasteiger partial charge in [0.25, 0.3) is 0 Å². The molecule has 3 aromatic rings. The van der Waals surface area contributed by atoms with E-state index < -0.39 is 11.6 Å². The van der Waals surface area contributed by atoms with Crippen molar-refractivity contribution in [2.45, 2.75) is 19.1 Å². The first-order valence-electron chi connectivity index (χ1n) is 9.14. The second-order valence-corrected chi connectivity index (χ2v) is 6.66. The Morgan fingerprint density at radius 3 is 1.63 bits per heavy atom. The first kappa shape index (κ1) is 21.7. The number of hydrogen-bond acceptors (Lipinski definition) is 4. The van der Waals surface area contributed by atoms with E-state index in [-0.39, 0.29) is 36.2 Å². The van der Waals surface area contributed by atoms with Crippen LogP contribution in [0.4, 0.5) is 8.78 Å². The van der Waals surface area contributed by atoms with Crippen LogP contribution in [0, 0.1) is 11.6 Å². The normalized spacial score (nSPS) is 10.6. The first-order chi connectivity index (χ1) is 14.5. The third-order valence-corrected chi connectivity index (χ3v) is 4.72. The Labute approximate surface area is 178 Å². The van der Waals surface area contributed by atoms with E-state index in [1.54, 1.807) is 62.8 Å². The summed E-state index contributed by atoms with van der Waals surface area (Å²) in [6.45, 7) is 0.0461. The zero-order valence-corrected chi connectivity index (χ0v) is 17.3. The van der Waals surface area contributed by atoms with E-state index in [9.17, 15) is 8.78 Å². The SMILES string of the molecule is COc1ccc(COc2c(F)cc(CCl)c(F)c2OCc2ccc(OC)cc2)cc1. The van der Waals surface area contributed by atoms with Crippen molar-refractivity contribution in [2.24, 2.45) is 0 Å². The van der Waals surface area contributed by atoms with Gasteiger partial charge in [-0.3, -0.25) is 0 Å². The molecule has 0 spiro atoms. The van der Waals surface area contributed by atoms with Crippen LogP contribution in [-0.2, 0) is 19.1 Å². The molecule has 0 saturated heterocycles. The monoisotopic (exact) mass is 434 g/mol. The highest BCUT2D eigenvalue weighted by atomic mass is 35.5. The Morgan fingerprint density at radius 1 is 0.733 bits per heavy atom. The number of rotatable bonds is 9. The topological polar surface area (TPSA) is 36.9 Å². The van der Waals surface area contributed by atoms with Crippen molar-refractivity contribution in [1.29, 1.82) is 0 Å². The van der Waals surface area contributed by atoms with E-state index in [2.05, 4.69) is 0 Å². The van der Waals surface area contributed by atoms with Crippen LogP contribution in [0.3, 0.4) is 0 Å². The lowest BCUT2D eigenvalue weighted by Crippen LogP contribution is -2.06. The first-order valence-corrected chi connectivity index (χ1v) is 9.67. The van der Waals surface area contributed by atoms with Gasteiger partial charge in [0.15, 0.2) is 11.6 Å². The molecule has 158 valence electrons. The molecule has 30 heavy (non-hydrogen) atoms. The molecule has 0 heterocycles. The summed E-state index contributed by atoms with van der Waals surface area (Å²) in [6.07, 6.45) is 0. The molecule has 0 aromatic heterocycles. The van der Waals surface area contributed by atoms with Crippen molar-refractivity contribution < 1.29 is 27.7 Å². The molecular formula is C23H21ClF2O4. The van der Waals surface area contributed by atoms with Crippen LogP contribution in [0.1, 0.15) is 16.7 Å². The summed E-state index contributed by atoms with van der Waals surface area (Å²) >= 11 is 5.75. The molecule has 0 aliphatic carbocycles. The van der Waals surface area contributed by atoms with Gasteiger partial charge < -0.3 is 18.9 Å². The van der Waals surface area contributed by atoms with Gasteiger partial charge >= 0.3 is 0 Å². The van der Waals surface area contributed by atoms with E-state index >= 15 is 0 Å². The minimum Gasteiger partial charge on any atom is -0.497 e. The van der Waals surface area contributed by atoms with Gasteiger partial charge in [0.1, 0.15) is 24.7 Å². The fourth-order valence-electron chi connectivity index (χ4n) is 2.75. The van der Waals surface area contributed by atoms with E-state index in [1.807, 2.05) is 0 Å². The van der Waals surface area contributed by atoms with Crippen molar-refractivity contribution in [3.05, 3.63) is 82.9 Å². The fraction of sp³-hybridized carbons (Fsp3) is 0.217. The summed E-state index contributed by atoms with van der Waals surface area (Å²) in [4.78, 5) is 0. The average molecular weight is 435 g/mol. The van der Waals surface area contributed by atoms with Crippen LogP contribution in [0.2, 0.25) is 0 Å². The molecule has 0 unspecified atom stereocenters. The van der Waals surface area contributed by atoms with Gasteiger partial charge in [0, 0.05) is 5.56 Å². The highest BCUT2D eigenvalue weighted by molar-refractivity contribution is 6.17. The van der Waals surface area contributed by atoms with Gasteiger partial charge in [-0.15, -0.1) is 11.6 Å². The highest BCUT2D eigenvalue weighted by Crippen LogP contribution is 2.37. The molecule has 0 fully saturated rings. The Balaban J connectivity index is 1.82. The van der Waals surface area contributed by atoms with Crippen molar-refractivity contribution in [2.75, 3.05) is 14.2 Å². The van der Waals surface area contributed by atoms with Gasteiger partial charge in [0.2, 0.25) is 11.5 Å². The maximum atomic E-state index is 14.9. The van der Waals surface area contributed by atoms with Gasteiger partial charge in [0.05, 0.1) is 20.1 Å². The van der Waals surface area contributed by atoms with Crippen LogP contribution < -0.4 is 18.9 Å². The molecule has 0 radical (unpaired) electrons. The number of benzene rings is 3. The van der Waals surface area contributed by atoms with Crippen molar-refractivity contribution >= 4 is 11.6 Å². The number of hydrogen-bond donors (Lipinski definition) is 0. The lowest BCUT2D eigenvalue weighted by Gasteiger charge is -2.16. The summed E-state index contributed by atoms with van der Waals surface area (Å²) < 4.78 is 50.9. The zero-order valence-electron chi connectivity index (χ0n) is 16.6. The molecule has 0 aliphatic heterocycles. The Hall–Kier alpha value is -2.99. The summed E-state index contributed by atoms with van der Waals surface area (Å²) in [5, 5.41) is 0. The van der Waals surface area contributed by atoms with Crippen LogP contribution >= 0.6 is 11.6 Å². The largest absolute Gasteiger partial charge is 0.497 e. The molecule has 4 nitrogen and oxygen atoms in total. The number of alkyl halides is 1. The van der Waals surface area contributed by atoms with Crippen molar-refractivity contribution in [3.8, 4) is 23.0 Å². The number of ether oxygens (including phenoxy) is 4. The molecule has 0 aliphatic rings. The molecule has 0 bridgehead atoms. The molecule has 0 atom stereocenters. The summed E-state index contributed by atoms with van der Waals surface area (Å²) in [6, 6.07) is 15.1. The molecule has 0 amide bonds. The van der Waals surface area contributed by atoms with Gasteiger partial charge in [-0.1, -0.05) is 24.3 Å². The maximum Gasteiger partial charge on any atom is 0.200 e. The van der Waals surface area contributed by atoms with E-state index in [4.69, 9.17) is 30.5 Å². The summed E-state index contributed by atoms with van der Waals surface area (Å²) in [5.41, 5.74) is 1.52. The fourth-order valence-corrected chi connectivity index (χ4v) is 2.95. The Bertz CT molecular complexity index is 976. The smallest absolute Gasteiger partial charge is 0.200 e. The summed E-state index contributed by atoms with van der Waals surface area (Å²) in [5.74, 6) is -0.925. The lowest BCUT2D eigenvalue weighted by molar-refractivity contribution is 0.235. The second kappa shape index (κ2) is 10.2. The molecule has 3 aromatic carbocycles. The van der Waals surface area contributed by atoms with E-state index in [0.717, 1.165) is 17.2 Å². The highest BCUT2D eigenvalue weighted by Gasteiger charge is 2.21. The quantitative estimate of drug-likeness (QED) is 0.394. The Kier molecular flexibility index (Phi) is 7.36. The van der Waals surface area contributed by atoms with E-state index in [1.165, 1.54) is 0 Å². The van der Waals surface area contributed by atoms with Crippen LogP contribution in [-0.4, -0.2) is 14.2 Å². The minimum absolute atomic E-state index is 0.00399. The third-order valence-electron chi connectivity index (χ3n) is 4.43. The molecular weight excluding hydrogens is 414 g/mol. The molecule has 0 saturated carbocycles. The van der Waals surface area contributed by atoms with Crippen LogP contribution in [0.15, 0.2) is 54.6 Å². The van der Waals surface area contributed by atoms with E-state index in [0.29, 0.717) is 11.5 Å². The van der Waals surface area contributed by atoms with Crippen molar-refractivity contribution in [3.63, 3.8) is 0 Å². The van der Waals surface area contributed by atoms with Crippen LogP contribution in [0.25, 0.3) is 0 Å². The molecule has 3 rings (SSSR count). The van der Waals surface area contributed by atoms with Crippen molar-refractivity contribution in [1.82, 2.24) is 0 Å². The standard InChI is InChI=1S/C23H21ClF2O4/c1-27-18-7-3-15(4-8-18)13-29-22-20(25)11-17(12-24)21(26)23(22)30-14-16-5-9-19(28-2)10-6-16/h3-11H,12-14H2,1-2H3. The molecule has 7 heteroatoms. The zero-order chi connectivity index (χ0) is 21.5. The molecule has 0 N–H and O–H groups in total. The average Bonchev–Trinajstić information content (AvgIpc) is 2.79. The lowest BCUT2D eigenvalue weighted by atomic mass is 10.2. The summed E-state index contributed by atoms with van der Waals surface area (Å²) in [7, 11) is 3.13. The van der Waals surface area contributed by atoms with Gasteiger partial charge in [-0.25, -0.2) is 8.78 Å². The second-order valence-electron chi connectivity index (χ2n) is 6.40.